The minimum absolute atomic E-state index is 0. The van der Waals surface area contributed by atoms with Crippen LogP contribution in [-0.4, -0.2) is 18.0 Å². The molecule has 1 aliphatic carbocycles. The first-order valence-electron chi connectivity index (χ1n) is 6.79. The molecule has 1 aliphatic rings. The summed E-state index contributed by atoms with van der Waals surface area (Å²) in [7, 11) is 0. The molecule has 1 fully saturated rings. The fraction of sp³-hybridized carbons (Fsp3) is 0.857. The van der Waals surface area contributed by atoms with Crippen LogP contribution in [0.5, 0.6) is 0 Å². The van der Waals surface area contributed by atoms with Gasteiger partial charge in [0.1, 0.15) is 6.10 Å². The Morgan fingerprint density at radius 3 is 2.42 bits per heavy atom. The number of ether oxygens (including phenoxy) is 1. The summed E-state index contributed by atoms with van der Waals surface area (Å²) in [6.07, 6.45) is 2.75. The summed E-state index contributed by atoms with van der Waals surface area (Å²) in [6.45, 7) is 6.45. The molecule has 0 aromatic rings. The second kappa shape index (κ2) is 9.50. The Hall–Kier alpha value is 0.576. The molecule has 1 saturated carbocycles. The third kappa shape index (κ3) is 7.23. The average molecular weight is 294 g/mol. The van der Waals surface area contributed by atoms with Gasteiger partial charge in [0.05, 0.1) is 6.42 Å². The zero-order chi connectivity index (χ0) is 13.7. The van der Waals surface area contributed by atoms with Crippen LogP contribution in [0.4, 0.5) is 0 Å². The largest absolute Gasteiger partial charge is 1.00 e. The standard InChI is InChI=1S/C14H24O4.K/c1-9(2)11-5-4-10(3)8-12(11)18-14(17)7-6-13(15)16;/h9-12H,4-8H2,1-3H3,(H,15,16);/q;+1/p-1. The smallest absolute Gasteiger partial charge is 0.550 e. The monoisotopic (exact) mass is 294 g/mol. The number of aliphatic carboxylic acids is 1. The van der Waals surface area contributed by atoms with Gasteiger partial charge in [-0.2, -0.15) is 0 Å². The van der Waals surface area contributed by atoms with Crippen molar-refractivity contribution in [2.45, 2.75) is 59.0 Å². The molecule has 0 amide bonds. The van der Waals surface area contributed by atoms with Crippen LogP contribution in [0.2, 0.25) is 0 Å². The molecule has 0 N–H and O–H groups in total. The van der Waals surface area contributed by atoms with Crippen molar-refractivity contribution in [3.8, 4) is 0 Å². The second-order valence-electron chi connectivity index (χ2n) is 5.73. The first kappa shape index (κ1) is 19.6. The maximum Gasteiger partial charge on any atom is 1.00 e. The quantitative estimate of drug-likeness (QED) is 0.458. The summed E-state index contributed by atoms with van der Waals surface area (Å²) in [5, 5.41) is 10.3. The van der Waals surface area contributed by atoms with Crippen molar-refractivity contribution in [3.63, 3.8) is 0 Å². The van der Waals surface area contributed by atoms with Crippen LogP contribution in [0.25, 0.3) is 0 Å². The maximum absolute atomic E-state index is 11.6. The number of carboxylic acids is 1. The van der Waals surface area contributed by atoms with E-state index in [1.807, 2.05) is 0 Å². The molecule has 0 aliphatic heterocycles. The Bertz CT molecular complexity index is 304. The van der Waals surface area contributed by atoms with Crippen LogP contribution < -0.4 is 56.5 Å². The number of rotatable bonds is 5. The van der Waals surface area contributed by atoms with Crippen LogP contribution in [-0.2, 0) is 14.3 Å². The zero-order valence-corrected chi connectivity index (χ0v) is 15.6. The molecule has 3 atom stereocenters. The Labute approximate surface area is 158 Å². The Morgan fingerprint density at radius 2 is 1.89 bits per heavy atom. The molecule has 1 rings (SSSR count). The summed E-state index contributed by atoms with van der Waals surface area (Å²) in [6, 6.07) is 0. The van der Waals surface area contributed by atoms with Gasteiger partial charge in [-0.25, -0.2) is 0 Å². The normalized spacial score (nSPS) is 26.6. The van der Waals surface area contributed by atoms with E-state index in [1.54, 1.807) is 0 Å². The molecule has 3 unspecified atom stereocenters. The topological polar surface area (TPSA) is 66.4 Å². The summed E-state index contributed by atoms with van der Waals surface area (Å²) >= 11 is 0. The Kier molecular flexibility index (Phi) is 9.79. The molecule has 0 aromatic carbocycles. The van der Waals surface area contributed by atoms with Crippen LogP contribution in [0.1, 0.15) is 52.9 Å². The fourth-order valence-corrected chi connectivity index (χ4v) is 2.68. The number of carbonyl (C=O) groups excluding carboxylic acids is 2. The van der Waals surface area contributed by atoms with Crippen molar-refractivity contribution in [3.05, 3.63) is 0 Å². The SMILES string of the molecule is CC1CCC(C(C)C)C(OC(=O)CCC(=O)[O-])C1.[K+]. The molecular weight excluding hydrogens is 271 g/mol. The molecule has 104 valence electrons. The van der Waals surface area contributed by atoms with Crippen LogP contribution in [0, 0.1) is 17.8 Å². The summed E-state index contributed by atoms with van der Waals surface area (Å²) in [5.74, 6) is -0.170. The average Bonchev–Trinajstić information content (AvgIpc) is 2.26. The number of carboxylic acid groups (broad SMARTS) is 1. The number of esters is 1. The Balaban J connectivity index is 0.00000324. The van der Waals surface area contributed by atoms with E-state index in [9.17, 15) is 14.7 Å². The maximum atomic E-state index is 11.6. The third-order valence-electron chi connectivity index (χ3n) is 3.78. The minimum atomic E-state index is -1.20. The van der Waals surface area contributed by atoms with Gasteiger partial charge in [-0.3, -0.25) is 4.79 Å². The first-order valence-corrected chi connectivity index (χ1v) is 6.79. The first-order chi connectivity index (χ1) is 8.40. The Morgan fingerprint density at radius 1 is 1.26 bits per heavy atom. The van der Waals surface area contributed by atoms with Crippen LogP contribution in [0.15, 0.2) is 0 Å². The van der Waals surface area contributed by atoms with E-state index < -0.39 is 11.9 Å². The van der Waals surface area contributed by atoms with E-state index in [0.29, 0.717) is 17.8 Å². The number of carbonyl (C=O) groups is 2. The molecule has 0 aromatic heterocycles. The number of hydrogen-bond donors (Lipinski definition) is 0. The van der Waals surface area contributed by atoms with Gasteiger partial charge in [0.15, 0.2) is 0 Å². The van der Waals surface area contributed by atoms with Crippen LogP contribution in [0.3, 0.4) is 0 Å². The van der Waals surface area contributed by atoms with Crippen LogP contribution >= 0.6 is 0 Å². The van der Waals surface area contributed by atoms with Crippen molar-refractivity contribution in [2.24, 2.45) is 17.8 Å². The van der Waals surface area contributed by atoms with Gasteiger partial charge in [0.25, 0.3) is 0 Å². The molecule has 0 bridgehead atoms. The van der Waals surface area contributed by atoms with E-state index >= 15 is 0 Å². The molecule has 19 heavy (non-hydrogen) atoms. The second-order valence-corrected chi connectivity index (χ2v) is 5.73. The van der Waals surface area contributed by atoms with Crippen molar-refractivity contribution in [1.29, 1.82) is 0 Å². The van der Waals surface area contributed by atoms with E-state index in [1.165, 1.54) is 6.42 Å². The van der Waals surface area contributed by atoms with E-state index in [2.05, 4.69) is 20.8 Å². The predicted molar refractivity (Wildman–Crippen MR) is 65.5 cm³/mol. The summed E-state index contributed by atoms with van der Waals surface area (Å²) in [4.78, 5) is 21.9. The number of hydrogen-bond acceptors (Lipinski definition) is 4. The van der Waals surface area contributed by atoms with Crippen molar-refractivity contribution >= 4 is 11.9 Å². The van der Waals surface area contributed by atoms with Gasteiger partial charge >= 0.3 is 57.4 Å². The molecule has 4 nitrogen and oxygen atoms in total. The minimum Gasteiger partial charge on any atom is -0.550 e. The van der Waals surface area contributed by atoms with Gasteiger partial charge in [0.2, 0.25) is 0 Å². The zero-order valence-electron chi connectivity index (χ0n) is 12.5. The van der Waals surface area contributed by atoms with Gasteiger partial charge in [-0.05, 0) is 37.0 Å². The van der Waals surface area contributed by atoms with Gasteiger partial charge in [-0.15, -0.1) is 0 Å². The van der Waals surface area contributed by atoms with E-state index in [0.717, 1.165) is 12.8 Å². The summed E-state index contributed by atoms with van der Waals surface area (Å²) in [5.41, 5.74) is 0. The third-order valence-corrected chi connectivity index (χ3v) is 3.78. The van der Waals surface area contributed by atoms with Gasteiger partial charge in [-0.1, -0.05) is 27.2 Å². The van der Waals surface area contributed by atoms with Crippen molar-refractivity contribution in [1.82, 2.24) is 0 Å². The molecule has 5 heteroatoms. The van der Waals surface area contributed by atoms with E-state index in [-0.39, 0.29) is 70.3 Å². The molecule has 0 spiro atoms. The van der Waals surface area contributed by atoms with E-state index in [4.69, 9.17) is 4.74 Å². The molecule has 0 radical (unpaired) electrons. The van der Waals surface area contributed by atoms with Gasteiger partial charge in [0, 0.05) is 5.97 Å². The summed E-state index contributed by atoms with van der Waals surface area (Å²) < 4.78 is 5.46. The molecule has 0 heterocycles. The van der Waals surface area contributed by atoms with Crippen molar-refractivity contribution in [2.75, 3.05) is 0 Å². The van der Waals surface area contributed by atoms with Gasteiger partial charge < -0.3 is 14.6 Å². The van der Waals surface area contributed by atoms with Crippen molar-refractivity contribution < 1.29 is 70.8 Å². The molecular formula is C14H23KO4. The predicted octanol–water partition coefficient (Wildman–Crippen LogP) is -1.48. The molecule has 0 saturated heterocycles. The fourth-order valence-electron chi connectivity index (χ4n) is 2.68.